The molecule has 2 heterocycles. The lowest BCUT2D eigenvalue weighted by atomic mass is 9.78. The van der Waals surface area contributed by atoms with Crippen LogP contribution in [0.15, 0.2) is 41.5 Å². The zero-order valence-electron chi connectivity index (χ0n) is 15.6. The summed E-state index contributed by atoms with van der Waals surface area (Å²) in [5.41, 5.74) is 4.17. The lowest BCUT2D eigenvalue weighted by Gasteiger charge is -2.27. The number of nitrogens with one attached hydrogen (secondary N) is 1. The molecule has 0 saturated heterocycles. The lowest BCUT2D eigenvalue weighted by molar-refractivity contribution is -0.143. The molecule has 6 nitrogen and oxygen atoms in total. The molecule has 1 unspecified atom stereocenters. The quantitative estimate of drug-likeness (QED) is 0.536. The van der Waals surface area contributed by atoms with Crippen LogP contribution in [0.1, 0.15) is 50.8 Å². The number of H-pyrrole nitrogens is 1. The standard InChI is InChI=1S/C21H23N3O3/c1-3-27-16(25)10-6-7-11-21(2)15-9-5-4-8-14(15)17-18(21)24-13-12-22-19(24)20(26)23-17/h4-5,8-9,12-13H,3,6-7,10-11H2,1-2H3,(H,23,26). The maximum atomic E-state index is 12.4. The highest BCUT2D eigenvalue weighted by Crippen LogP contribution is 2.49. The van der Waals surface area contributed by atoms with E-state index < -0.39 is 0 Å². The molecule has 0 radical (unpaired) electrons. The number of carbonyl (C=O) groups excluding carboxylic acids is 1. The van der Waals surface area contributed by atoms with Crippen molar-refractivity contribution in [3.05, 3.63) is 58.3 Å². The van der Waals surface area contributed by atoms with Crippen molar-refractivity contribution in [2.75, 3.05) is 6.61 Å². The van der Waals surface area contributed by atoms with E-state index in [9.17, 15) is 9.59 Å². The summed E-state index contributed by atoms with van der Waals surface area (Å²) in [6, 6.07) is 8.20. The first-order valence-electron chi connectivity index (χ1n) is 9.41. The maximum absolute atomic E-state index is 12.4. The van der Waals surface area contributed by atoms with Gasteiger partial charge in [0.05, 0.1) is 18.0 Å². The zero-order chi connectivity index (χ0) is 19.0. The van der Waals surface area contributed by atoms with Crippen LogP contribution in [0.2, 0.25) is 0 Å². The van der Waals surface area contributed by atoms with Crippen LogP contribution >= 0.6 is 0 Å². The second kappa shape index (κ2) is 6.68. The topological polar surface area (TPSA) is 76.5 Å². The van der Waals surface area contributed by atoms with Gasteiger partial charge in [-0.25, -0.2) is 4.98 Å². The summed E-state index contributed by atoms with van der Waals surface area (Å²) >= 11 is 0. The van der Waals surface area contributed by atoms with Gasteiger partial charge in [0.1, 0.15) is 0 Å². The van der Waals surface area contributed by atoms with Gasteiger partial charge in [-0.15, -0.1) is 0 Å². The molecular weight excluding hydrogens is 342 g/mol. The first kappa shape index (κ1) is 17.5. The molecule has 6 heteroatoms. The van der Waals surface area contributed by atoms with Crippen LogP contribution in [0.3, 0.4) is 0 Å². The summed E-state index contributed by atoms with van der Waals surface area (Å²) in [5, 5.41) is 0. The third-order valence-corrected chi connectivity index (χ3v) is 5.49. The number of fused-ring (bicyclic) bond motifs is 5. The molecule has 4 rings (SSSR count). The van der Waals surface area contributed by atoms with Gasteiger partial charge in [0.15, 0.2) is 0 Å². The fourth-order valence-corrected chi connectivity index (χ4v) is 4.28. The van der Waals surface area contributed by atoms with Crippen LogP contribution in [-0.2, 0) is 14.9 Å². The Hall–Kier alpha value is -2.89. The Balaban J connectivity index is 1.72. The summed E-state index contributed by atoms with van der Waals surface area (Å²) in [6.45, 7) is 4.45. The van der Waals surface area contributed by atoms with Crippen molar-refractivity contribution in [3.63, 3.8) is 0 Å². The Bertz CT molecular complexity index is 1070. The number of ether oxygens (including phenoxy) is 1. The van der Waals surface area contributed by atoms with Gasteiger partial charge in [-0.3, -0.25) is 14.0 Å². The minimum absolute atomic E-state index is 0.142. The molecule has 0 saturated carbocycles. The third kappa shape index (κ3) is 2.76. The fourth-order valence-electron chi connectivity index (χ4n) is 4.28. The molecule has 1 aliphatic rings. The van der Waals surface area contributed by atoms with Gasteiger partial charge in [-0.2, -0.15) is 0 Å². The molecule has 2 aromatic heterocycles. The van der Waals surface area contributed by atoms with Crippen LogP contribution in [0, 0.1) is 0 Å². The number of unbranched alkanes of at least 4 members (excludes halogenated alkanes) is 1. The summed E-state index contributed by atoms with van der Waals surface area (Å²) in [5.74, 6) is -0.142. The molecule has 0 amide bonds. The van der Waals surface area contributed by atoms with Gasteiger partial charge in [-0.05, 0) is 32.3 Å². The molecule has 1 atom stereocenters. The molecule has 0 spiro atoms. The zero-order valence-corrected chi connectivity index (χ0v) is 15.6. The van der Waals surface area contributed by atoms with E-state index >= 15 is 0 Å². The van der Waals surface area contributed by atoms with Crippen molar-refractivity contribution >= 4 is 11.6 Å². The van der Waals surface area contributed by atoms with E-state index in [2.05, 4.69) is 29.0 Å². The average molecular weight is 365 g/mol. The maximum Gasteiger partial charge on any atom is 0.305 e. The number of aromatic nitrogens is 3. The SMILES string of the molecule is CCOC(=O)CCCCC1(C)c2ccccc2-c2[nH]c(=O)c3nccn3c21. The van der Waals surface area contributed by atoms with Crippen LogP contribution in [0.5, 0.6) is 0 Å². The Morgan fingerprint density at radius 1 is 1.30 bits per heavy atom. The van der Waals surface area contributed by atoms with Gasteiger partial charge < -0.3 is 9.72 Å². The second-order valence-corrected chi connectivity index (χ2v) is 7.19. The number of hydrogen-bond donors (Lipinski definition) is 1. The van der Waals surface area contributed by atoms with Crippen LogP contribution in [-0.4, -0.2) is 26.9 Å². The van der Waals surface area contributed by atoms with E-state index in [1.54, 1.807) is 6.20 Å². The molecule has 0 fully saturated rings. The van der Waals surface area contributed by atoms with Gasteiger partial charge in [-0.1, -0.05) is 30.7 Å². The molecular formula is C21H23N3O3. The normalized spacial score (nSPS) is 17.7. The molecule has 1 aromatic carbocycles. The Labute approximate surface area is 157 Å². The monoisotopic (exact) mass is 365 g/mol. The molecule has 140 valence electrons. The van der Waals surface area contributed by atoms with E-state index in [4.69, 9.17) is 4.74 Å². The highest BCUT2D eigenvalue weighted by Gasteiger charge is 2.41. The Morgan fingerprint density at radius 3 is 2.93 bits per heavy atom. The highest BCUT2D eigenvalue weighted by atomic mass is 16.5. The lowest BCUT2D eigenvalue weighted by Crippen LogP contribution is -2.26. The number of benzene rings is 1. The largest absolute Gasteiger partial charge is 0.466 e. The van der Waals surface area contributed by atoms with Gasteiger partial charge in [0, 0.05) is 29.8 Å². The Kier molecular flexibility index (Phi) is 4.34. The molecule has 1 aliphatic carbocycles. The summed E-state index contributed by atoms with van der Waals surface area (Å²) < 4.78 is 6.94. The van der Waals surface area contributed by atoms with Crippen molar-refractivity contribution in [3.8, 4) is 11.3 Å². The molecule has 27 heavy (non-hydrogen) atoms. The van der Waals surface area contributed by atoms with Crippen LogP contribution in [0.25, 0.3) is 16.9 Å². The number of carbonyl (C=O) groups is 1. The van der Waals surface area contributed by atoms with Crippen LogP contribution < -0.4 is 5.56 Å². The number of rotatable bonds is 6. The predicted octanol–water partition coefficient (Wildman–Crippen LogP) is 3.43. The van der Waals surface area contributed by atoms with Crippen molar-refractivity contribution in [2.45, 2.75) is 44.9 Å². The third-order valence-electron chi connectivity index (χ3n) is 5.49. The number of aromatic amines is 1. The fraction of sp³-hybridized carbons (Fsp3) is 0.381. The first-order valence-corrected chi connectivity index (χ1v) is 9.41. The highest BCUT2D eigenvalue weighted by molar-refractivity contribution is 5.77. The number of hydrogen-bond acceptors (Lipinski definition) is 4. The van der Waals surface area contributed by atoms with Gasteiger partial charge >= 0.3 is 5.97 Å². The van der Waals surface area contributed by atoms with Gasteiger partial charge in [0.25, 0.3) is 5.56 Å². The molecule has 0 aliphatic heterocycles. The second-order valence-electron chi connectivity index (χ2n) is 7.19. The minimum Gasteiger partial charge on any atom is -0.466 e. The minimum atomic E-state index is -0.260. The van der Waals surface area contributed by atoms with Crippen molar-refractivity contribution < 1.29 is 9.53 Å². The van der Waals surface area contributed by atoms with E-state index in [-0.39, 0.29) is 16.9 Å². The number of imidazole rings is 1. The first-order chi connectivity index (χ1) is 13.1. The van der Waals surface area contributed by atoms with E-state index in [0.717, 1.165) is 36.2 Å². The molecule has 1 N–H and O–H groups in total. The number of esters is 1. The molecule has 3 aromatic rings. The van der Waals surface area contributed by atoms with Crippen molar-refractivity contribution in [1.29, 1.82) is 0 Å². The van der Waals surface area contributed by atoms with Gasteiger partial charge in [0.2, 0.25) is 5.65 Å². The van der Waals surface area contributed by atoms with E-state index in [1.165, 1.54) is 5.56 Å². The smallest absolute Gasteiger partial charge is 0.305 e. The van der Waals surface area contributed by atoms with E-state index in [0.29, 0.717) is 18.7 Å². The van der Waals surface area contributed by atoms with Crippen LogP contribution in [0.4, 0.5) is 0 Å². The Morgan fingerprint density at radius 2 is 2.11 bits per heavy atom. The summed E-state index contributed by atoms with van der Waals surface area (Å²) in [7, 11) is 0. The molecule has 0 bridgehead atoms. The van der Waals surface area contributed by atoms with Crippen molar-refractivity contribution in [1.82, 2.24) is 14.4 Å². The van der Waals surface area contributed by atoms with E-state index in [1.807, 2.05) is 29.7 Å². The van der Waals surface area contributed by atoms with Crippen molar-refractivity contribution in [2.24, 2.45) is 0 Å². The number of nitrogens with zero attached hydrogens (tertiary/aromatic N) is 2. The summed E-state index contributed by atoms with van der Waals surface area (Å²) in [6.07, 6.45) is 6.49. The predicted molar refractivity (Wildman–Crippen MR) is 103 cm³/mol. The average Bonchev–Trinajstić information content (AvgIpc) is 3.23. The summed E-state index contributed by atoms with van der Waals surface area (Å²) in [4.78, 5) is 31.3.